The number of amides is 1. The molecular weight excluding hydrogens is 440 g/mol. The molecule has 3 aromatic heterocycles. The third-order valence-electron chi connectivity index (χ3n) is 4.32. The Balaban J connectivity index is 1.44. The summed E-state index contributed by atoms with van der Waals surface area (Å²) in [6.07, 6.45) is 2.47. The van der Waals surface area contributed by atoms with Crippen molar-refractivity contribution in [2.24, 2.45) is 0 Å². The van der Waals surface area contributed by atoms with Crippen LogP contribution in [0.15, 0.2) is 69.7 Å². The molecule has 1 N–H and O–H groups in total. The largest absolute Gasteiger partial charge is 0.467 e. The molecule has 6 nitrogen and oxygen atoms in total. The normalized spacial score (nSPS) is 11.0. The molecule has 4 aromatic rings. The van der Waals surface area contributed by atoms with Crippen molar-refractivity contribution in [1.82, 2.24) is 20.1 Å². The zero-order valence-electron chi connectivity index (χ0n) is 16.0. The Hall–Kier alpha value is -2.55. The molecule has 0 aliphatic rings. The number of carbonyl (C=O) groups excluding carboxylic acids is 1. The molecule has 0 radical (unpaired) electrons. The lowest BCUT2D eigenvalue weighted by Gasteiger charge is -2.09. The summed E-state index contributed by atoms with van der Waals surface area (Å²) in [4.78, 5) is 13.5. The van der Waals surface area contributed by atoms with E-state index in [0.717, 1.165) is 17.7 Å². The second kappa shape index (κ2) is 9.97. The smallest absolute Gasteiger partial charge is 0.230 e. The van der Waals surface area contributed by atoms with Crippen LogP contribution in [0.5, 0.6) is 0 Å². The number of nitrogens with one attached hydrogen (secondary N) is 1. The lowest BCUT2D eigenvalue weighted by Crippen LogP contribution is -2.27. The molecule has 0 atom stereocenters. The third-order valence-corrected chi connectivity index (χ3v) is 6.47. The first-order valence-electron chi connectivity index (χ1n) is 9.32. The molecule has 0 bridgehead atoms. The van der Waals surface area contributed by atoms with Gasteiger partial charge in [-0.2, -0.15) is 0 Å². The number of benzene rings is 1. The summed E-state index contributed by atoms with van der Waals surface area (Å²) in [6, 6.07) is 15.3. The molecule has 1 aromatic carbocycles. The van der Waals surface area contributed by atoms with Crippen LogP contribution in [0, 0.1) is 0 Å². The van der Waals surface area contributed by atoms with Crippen LogP contribution in [0.2, 0.25) is 5.02 Å². The minimum Gasteiger partial charge on any atom is -0.467 e. The zero-order valence-corrected chi connectivity index (χ0v) is 18.3. The van der Waals surface area contributed by atoms with Crippen molar-refractivity contribution in [3.8, 4) is 11.4 Å². The van der Waals surface area contributed by atoms with E-state index in [2.05, 4.69) is 21.6 Å². The predicted molar refractivity (Wildman–Crippen MR) is 120 cm³/mol. The van der Waals surface area contributed by atoms with Gasteiger partial charge in [-0.25, -0.2) is 0 Å². The molecule has 1 amide bonds. The van der Waals surface area contributed by atoms with Gasteiger partial charge < -0.3 is 9.73 Å². The van der Waals surface area contributed by atoms with Gasteiger partial charge in [-0.05, 0) is 54.3 Å². The highest BCUT2D eigenvalue weighted by atomic mass is 35.5. The summed E-state index contributed by atoms with van der Waals surface area (Å²) < 4.78 is 7.45. The Morgan fingerprint density at radius 1 is 1.17 bits per heavy atom. The summed E-state index contributed by atoms with van der Waals surface area (Å²) in [5, 5.41) is 15.0. The van der Waals surface area contributed by atoms with Crippen LogP contribution >= 0.6 is 34.7 Å². The molecule has 0 fully saturated rings. The van der Waals surface area contributed by atoms with Crippen molar-refractivity contribution in [2.75, 3.05) is 12.3 Å². The number of nitrogens with zero attached hydrogens (tertiary/aromatic N) is 3. The van der Waals surface area contributed by atoms with Gasteiger partial charge in [0.25, 0.3) is 0 Å². The minimum absolute atomic E-state index is 0.0304. The maximum atomic E-state index is 12.3. The highest BCUT2D eigenvalue weighted by molar-refractivity contribution is 7.99. The van der Waals surface area contributed by atoms with Crippen molar-refractivity contribution < 1.29 is 9.21 Å². The predicted octanol–water partition coefficient (Wildman–Crippen LogP) is 4.75. The van der Waals surface area contributed by atoms with E-state index in [0.29, 0.717) is 29.1 Å². The van der Waals surface area contributed by atoms with Crippen molar-refractivity contribution >= 4 is 40.6 Å². The van der Waals surface area contributed by atoms with Crippen LogP contribution in [0.25, 0.3) is 11.4 Å². The number of hydrogen-bond acceptors (Lipinski definition) is 6. The van der Waals surface area contributed by atoms with Gasteiger partial charge in [0.1, 0.15) is 5.76 Å². The fourth-order valence-corrected chi connectivity index (χ4v) is 4.47. The van der Waals surface area contributed by atoms with Crippen LogP contribution in [0.3, 0.4) is 0 Å². The van der Waals surface area contributed by atoms with E-state index in [1.54, 1.807) is 17.6 Å². The van der Waals surface area contributed by atoms with E-state index < -0.39 is 0 Å². The zero-order chi connectivity index (χ0) is 20.8. The van der Waals surface area contributed by atoms with E-state index in [4.69, 9.17) is 16.0 Å². The quantitative estimate of drug-likeness (QED) is 0.366. The molecule has 154 valence electrons. The molecule has 0 aliphatic carbocycles. The van der Waals surface area contributed by atoms with Gasteiger partial charge in [-0.15, -0.1) is 21.5 Å². The van der Waals surface area contributed by atoms with Crippen LogP contribution < -0.4 is 5.32 Å². The molecule has 0 spiro atoms. The molecule has 0 saturated carbocycles. The first-order valence-corrected chi connectivity index (χ1v) is 11.6. The number of furan rings is 1. The number of hydrogen-bond donors (Lipinski definition) is 1. The number of thiophene rings is 1. The molecule has 3 heterocycles. The van der Waals surface area contributed by atoms with Crippen molar-refractivity contribution in [2.45, 2.75) is 18.1 Å². The minimum atomic E-state index is -0.0304. The standard InChI is InChI=1S/C21H19ClN4O2S2/c22-16-7-5-15(6-8-16)20-24-25-21(26(20)13-17-3-1-11-28-17)30-14-19(27)23-10-9-18-4-2-12-29-18/h1-8,11-12H,9-10,13-14H2,(H,23,27). The summed E-state index contributed by atoms with van der Waals surface area (Å²) in [5.41, 5.74) is 0.894. The number of halogens is 1. The van der Waals surface area contributed by atoms with Gasteiger partial charge in [0.05, 0.1) is 18.6 Å². The average Bonchev–Trinajstić information content (AvgIpc) is 3.50. The molecule has 0 saturated heterocycles. The number of aromatic nitrogens is 3. The maximum absolute atomic E-state index is 12.3. The Kier molecular flexibility index (Phi) is 6.88. The SMILES string of the molecule is O=C(CSc1nnc(-c2ccc(Cl)cc2)n1Cc1ccco1)NCCc1cccs1. The van der Waals surface area contributed by atoms with Crippen molar-refractivity contribution in [3.05, 3.63) is 75.8 Å². The Bertz CT molecular complexity index is 1080. The van der Waals surface area contributed by atoms with Gasteiger partial charge in [-0.1, -0.05) is 29.4 Å². The maximum Gasteiger partial charge on any atom is 0.230 e. The topological polar surface area (TPSA) is 73.0 Å². The van der Waals surface area contributed by atoms with Crippen LogP contribution in [0.4, 0.5) is 0 Å². The summed E-state index contributed by atoms with van der Waals surface area (Å²) in [5.74, 6) is 1.72. The number of carbonyl (C=O) groups is 1. The van der Waals surface area contributed by atoms with E-state index in [1.165, 1.54) is 16.6 Å². The monoisotopic (exact) mass is 458 g/mol. The van der Waals surface area contributed by atoms with E-state index >= 15 is 0 Å². The van der Waals surface area contributed by atoms with Gasteiger partial charge in [0.2, 0.25) is 5.91 Å². The number of rotatable bonds is 9. The van der Waals surface area contributed by atoms with Crippen LogP contribution in [-0.2, 0) is 17.8 Å². The second-order valence-corrected chi connectivity index (χ2v) is 8.86. The van der Waals surface area contributed by atoms with Crippen LogP contribution in [-0.4, -0.2) is 33.0 Å². The van der Waals surface area contributed by atoms with Crippen molar-refractivity contribution in [3.63, 3.8) is 0 Å². The summed E-state index contributed by atoms with van der Waals surface area (Å²) in [6.45, 7) is 1.09. The molecular formula is C21H19ClN4O2S2. The van der Waals surface area contributed by atoms with E-state index in [-0.39, 0.29) is 11.7 Å². The average molecular weight is 459 g/mol. The highest BCUT2D eigenvalue weighted by Crippen LogP contribution is 2.26. The Morgan fingerprint density at radius 2 is 2.03 bits per heavy atom. The highest BCUT2D eigenvalue weighted by Gasteiger charge is 2.17. The molecule has 0 aliphatic heterocycles. The first kappa shape index (κ1) is 20.7. The van der Waals surface area contributed by atoms with Crippen molar-refractivity contribution in [1.29, 1.82) is 0 Å². The molecule has 0 unspecified atom stereocenters. The van der Waals surface area contributed by atoms with Gasteiger partial charge in [-0.3, -0.25) is 9.36 Å². The van der Waals surface area contributed by atoms with E-state index in [1.807, 2.05) is 52.4 Å². The van der Waals surface area contributed by atoms with Gasteiger partial charge in [0.15, 0.2) is 11.0 Å². The second-order valence-electron chi connectivity index (χ2n) is 6.45. The lowest BCUT2D eigenvalue weighted by atomic mass is 10.2. The van der Waals surface area contributed by atoms with Crippen LogP contribution in [0.1, 0.15) is 10.6 Å². The van der Waals surface area contributed by atoms with Gasteiger partial charge >= 0.3 is 0 Å². The Morgan fingerprint density at radius 3 is 2.77 bits per heavy atom. The number of thioether (sulfide) groups is 1. The third kappa shape index (κ3) is 5.33. The summed E-state index contributed by atoms with van der Waals surface area (Å²) >= 11 is 9.06. The fourth-order valence-electron chi connectivity index (χ4n) is 2.87. The molecule has 9 heteroatoms. The molecule has 30 heavy (non-hydrogen) atoms. The Labute approximate surface area is 187 Å². The fraction of sp³-hybridized carbons (Fsp3) is 0.190. The lowest BCUT2D eigenvalue weighted by molar-refractivity contribution is -0.118. The van der Waals surface area contributed by atoms with Gasteiger partial charge in [0, 0.05) is 22.0 Å². The molecule has 4 rings (SSSR count). The first-order chi connectivity index (χ1) is 14.7. The summed E-state index contributed by atoms with van der Waals surface area (Å²) in [7, 11) is 0. The van der Waals surface area contributed by atoms with E-state index in [9.17, 15) is 4.79 Å².